The van der Waals surface area contributed by atoms with Crippen molar-refractivity contribution >= 4 is 17.3 Å². The third kappa shape index (κ3) is 2.09. The molecule has 18 heavy (non-hydrogen) atoms. The number of thiazole rings is 1. The van der Waals surface area contributed by atoms with Crippen LogP contribution in [0.25, 0.3) is 0 Å². The number of fused-ring (bicyclic) bond motifs is 1. The molecule has 3 rings (SSSR count). The van der Waals surface area contributed by atoms with Crippen LogP contribution in [0.3, 0.4) is 0 Å². The molecule has 1 aromatic heterocycles. The molecule has 1 atom stereocenters. The zero-order chi connectivity index (χ0) is 12.5. The van der Waals surface area contributed by atoms with Crippen LogP contribution in [0.5, 0.6) is 5.75 Å². The number of para-hydroxylation sites is 1. The molecule has 0 amide bonds. The fraction of sp³-hybridized carbons (Fsp3) is 0.231. The van der Waals surface area contributed by atoms with Crippen molar-refractivity contribution < 1.29 is 14.6 Å². The highest BCUT2D eigenvalue weighted by molar-refractivity contribution is 7.09. The van der Waals surface area contributed by atoms with Crippen molar-refractivity contribution in [3.05, 3.63) is 45.9 Å². The van der Waals surface area contributed by atoms with Crippen molar-refractivity contribution in [3.63, 3.8) is 0 Å². The van der Waals surface area contributed by atoms with E-state index in [2.05, 4.69) is 4.98 Å². The lowest BCUT2D eigenvalue weighted by Crippen LogP contribution is -2.04. The Balaban J connectivity index is 1.78. The number of carboxylic acids is 1. The molecule has 0 saturated heterocycles. The summed E-state index contributed by atoms with van der Waals surface area (Å²) in [6.45, 7) is 0. The standard InChI is InChI=1S/C13H11NO3S/c15-12(16)6-9-7-18-13(14-9)11-5-8-3-1-2-4-10(8)17-11/h1-4,7,11H,5-6H2,(H,15,16). The molecule has 0 radical (unpaired) electrons. The Kier molecular flexibility index (Phi) is 2.76. The van der Waals surface area contributed by atoms with E-state index in [1.165, 1.54) is 16.9 Å². The van der Waals surface area contributed by atoms with Crippen molar-refractivity contribution in [1.82, 2.24) is 4.98 Å². The van der Waals surface area contributed by atoms with E-state index >= 15 is 0 Å². The first-order valence-corrected chi connectivity index (χ1v) is 6.51. The first-order chi connectivity index (χ1) is 8.72. The molecule has 1 unspecified atom stereocenters. The molecule has 1 aromatic carbocycles. The maximum Gasteiger partial charge on any atom is 0.309 e. The monoisotopic (exact) mass is 261 g/mol. The van der Waals surface area contributed by atoms with Gasteiger partial charge in [0.15, 0.2) is 6.10 Å². The Bertz CT molecular complexity index is 568. The number of aromatic nitrogens is 1. The van der Waals surface area contributed by atoms with Crippen LogP contribution in [-0.4, -0.2) is 16.1 Å². The topological polar surface area (TPSA) is 59.4 Å². The Morgan fingerprint density at radius 3 is 3.11 bits per heavy atom. The van der Waals surface area contributed by atoms with E-state index in [1.54, 1.807) is 5.38 Å². The van der Waals surface area contributed by atoms with Gasteiger partial charge < -0.3 is 9.84 Å². The van der Waals surface area contributed by atoms with Gasteiger partial charge in [-0.05, 0) is 11.6 Å². The summed E-state index contributed by atoms with van der Waals surface area (Å²) in [6, 6.07) is 7.92. The number of aliphatic carboxylic acids is 1. The minimum atomic E-state index is -0.859. The number of carboxylic acid groups (broad SMARTS) is 1. The van der Waals surface area contributed by atoms with Gasteiger partial charge in [0, 0.05) is 11.8 Å². The molecule has 1 aliphatic heterocycles. The molecule has 2 heterocycles. The third-order valence-corrected chi connectivity index (χ3v) is 3.81. The molecular formula is C13H11NO3S. The minimum Gasteiger partial charge on any atom is -0.483 e. The number of benzene rings is 1. The summed E-state index contributed by atoms with van der Waals surface area (Å²) in [6.07, 6.45) is 0.696. The summed E-state index contributed by atoms with van der Waals surface area (Å²) in [5, 5.41) is 11.4. The Labute approximate surface area is 108 Å². The van der Waals surface area contributed by atoms with Gasteiger partial charge in [0.05, 0.1) is 12.1 Å². The zero-order valence-electron chi connectivity index (χ0n) is 9.50. The lowest BCUT2D eigenvalue weighted by Gasteiger charge is -2.06. The highest BCUT2D eigenvalue weighted by Crippen LogP contribution is 2.37. The molecule has 0 saturated carbocycles. The van der Waals surface area contributed by atoms with Gasteiger partial charge in [-0.3, -0.25) is 4.79 Å². The van der Waals surface area contributed by atoms with Crippen LogP contribution in [-0.2, 0) is 17.6 Å². The summed E-state index contributed by atoms with van der Waals surface area (Å²) in [5.74, 6) is 0.0416. The molecule has 0 bridgehead atoms. The van der Waals surface area contributed by atoms with Crippen LogP contribution in [0.2, 0.25) is 0 Å². The van der Waals surface area contributed by atoms with Crippen LogP contribution in [0.4, 0.5) is 0 Å². The van der Waals surface area contributed by atoms with E-state index in [4.69, 9.17) is 9.84 Å². The fourth-order valence-electron chi connectivity index (χ4n) is 2.03. The van der Waals surface area contributed by atoms with Crippen LogP contribution < -0.4 is 4.74 Å². The van der Waals surface area contributed by atoms with Gasteiger partial charge in [-0.15, -0.1) is 11.3 Å². The zero-order valence-corrected chi connectivity index (χ0v) is 10.3. The van der Waals surface area contributed by atoms with Crippen LogP contribution >= 0.6 is 11.3 Å². The second-order valence-corrected chi connectivity index (χ2v) is 5.06. The highest BCUT2D eigenvalue weighted by Gasteiger charge is 2.26. The number of carbonyl (C=O) groups is 1. The number of hydrogen-bond acceptors (Lipinski definition) is 4. The third-order valence-electron chi connectivity index (χ3n) is 2.82. The molecule has 0 aliphatic carbocycles. The first-order valence-electron chi connectivity index (χ1n) is 5.63. The van der Waals surface area contributed by atoms with Crippen molar-refractivity contribution in [1.29, 1.82) is 0 Å². The predicted molar refractivity (Wildman–Crippen MR) is 67.0 cm³/mol. The lowest BCUT2D eigenvalue weighted by atomic mass is 10.1. The van der Waals surface area contributed by atoms with Crippen molar-refractivity contribution in [2.75, 3.05) is 0 Å². The van der Waals surface area contributed by atoms with E-state index < -0.39 is 5.97 Å². The Morgan fingerprint density at radius 2 is 2.33 bits per heavy atom. The fourth-order valence-corrected chi connectivity index (χ4v) is 2.87. The Morgan fingerprint density at radius 1 is 1.50 bits per heavy atom. The molecule has 0 spiro atoms. The molecule has 5 heteroatoms. The van der Waals surface area contributed by atoms with Crippen LogP contribution in [0.1, 0.15) is 22.4 Å². The van der Waals surface area contributed by atoms with E-state index in [-0.39, 0.29) is 12.5 Å². The molecule has 0 fully saturated rings. The minimum absolute atomic E-state index is 0.0316. The summed E-state index contributed by atoms with van der Waals surface area (Å²) < 4.78 is 5.81. The van der Waals surface area contributed by atoms with Crippen LogP contribution in [0.15, 0.2) is 29.6 Å². The van der Waals surface area contributed by atoms with Crippen molar-refractivity contribution in [3.8, 4) is 5.75 Å². The lowest BCUT2D eigenvalue weighted by molar-refractivity contribution is -0.136. The van der Waals surface area contributed by atoms with E-state index in [0.29, 0.717) is 5.69 Å². The summed E-state index contributed by atoms with van der Waals surface area (Å²) in [4.78, 5) is 14.9. The van der Waals surface area contributed by atoms with E-state index in [0.717, 1.165) is 17.2 Å². The van der Waals surface area contributed by atoms with E-state index in [9.17, 15) is 4.79 Å². The number of hydrogen-bond donors (Lipinski definition) is 1. The second-order valence-electron chi connectivity index (χ2n) is 4.17. The van der Waals surface area contributed by atoms with E-state index in [1.807, 2.05) is 24.3 Å². The van der Waals surface area contributed by atoms with Gasteiger partial charge in [0.25, 0.3) is 0 Å². The molecule has 92 valence electrons. The molecule has 1 N–H and O–H groups in total. The Hall–Kier alpha value is -1.88. The molecular weight excluding hydrogens is 250 g/mol. The summed E-state index contributed by atoms with van der Waals surface area (Å²) >= 11 is 1.46. The van der Waals surface area contributed by atoms with Crippen LogP contribution in [0, 0.1) is 0 Å². The number of ether oxygens (including phenoxy) is 1. The van der Waals surface area contributed by atoms with Crippen molar-refractivity contribution in [2.45, 2.75) is 18.9 Å². The van der Waals surface area contributed by atoms with Gasteiger partial charge in [0.1, 0.15) is 10.8 Å². The number of rotatable bonds is 3. The van der Waals surface area contributed by atoms with Crippen molar-refractivity contribution in [2.24, 2.45) is 0 Å². The predicted octanol–water partition coefficient (Wildman–Crippen LogP) is 2.45. The number of nitrogens with zero attached hydrogens (tertiary/aromatic N) is 1. The average molecular weight is 261 g/mol. The van der Waals surface area contributed by atoms with Gasteiger partial charge >= 0.3 is 5.97 Å². The van der Waals surface area contributed by atoms with Gasteiger partial charge in [0.2, 0.25) is 0 Å². The maximum absolute atomic E-state index is 10.6. The second kappa shape index (κ2) is 4.42. The van der Waals surface area contributed by atoms with Gasteiger partial charge in [-0.1, -0.05) is 18.2 Å². The largest absolute Gasteiger partial charge is 0.483 e. The summed E-state index contributed by atoms with van der Waals surface area (Å²) in [7, 11) is 0. The normalized spacial score (nSPS) is 17.2. The maximum atomic E-state index is 10.6. The molecule has 2 aromatic rings. The molecule has 4 nitrogen and oxygen atoms in total. The molecule has 1 aliphatic rings. The SMILES string of the molecule is O=C(O)Cc1csc(C2Cc3ccccc3O2)n1. The first kappa shape index (κ1) is 11.2. The summed E-state index contributed by atoms with van der Waals surface area (Å²) in [5.41, 5.74) is 1.78. The quantitative estimate of drug-likeness (QED) is 0.922. The average Bonchev–Trinajstić information content (AvgIpc) is 2.93. The van der Waals surface area contributed by atoms with Gasteiger partial charge in [-0.2, -0.15) is 0 Å². The smallest absolute Gasteiger partial charge is 0.309 e. The van der Waals surface area contributed by atoms with Gasteiger partial charge in [-0.25, -0.2) is 4.98 Å². The highest BCUT2D eigenvalue weighted by atomic mass is 32.1.